The Kier molecular flexibility index (Phi) is 13.4. The van der Waals surface area contributed by atoms with E-state index in [1.807, 2.05) is 69.5 Å². The predicted octanol–water partition coefficient (Wildman–Crippen LogP) is 3.32. The number of likely N-dealkylation sites (tertiary alicyclic amines) is 1. The van der Waals surface area contributed by atoms with Gasteiger partial charge in [0, 0.05) is 25.6 Å². The number of imide groups is 1. The van der Waals surface area contributed by atoms with E-state index < -0.39 is 54.0 Å². The minimum atomic E-state index is -1.07. The van der Waals surface area contributed by atoms with Crippen LogP contribution in [0, 0.1) is 23.7 Å². The fraction of sp³-hybridized carbons (Fsp3) is 0.788. The van der Waals surface area contributed by atoms with Gasteiger partial charge in [-0.3, -0.25) is 33.8 Å². The van der Waals surface area contributed by atoms with E-state index in [2.05, 4.69) is 0 Å². The molecule has 0 aromatic rings. The van der Waals surface area contributed by atoms with Gasteiger partial charge in [0.15, 0.2) is 6.10 Å². The number of hydrogen-bond acceptors (Lipinski definition) is 8. The Bertz CT molecular complexity index is 1090. The van der Waals surface area contributed by atoms with Crippen molar-refractivity contribution >= 4 is 29.6 Å². The number of rotatable bonds is 14. The first-order chi connectivity index (χ1) is 20.5. The molecule has 0 saturated carbocycles. The summed E-state index contributed by atoms with van der Waals surface area (Å²) in [7, 11) is 6.66. The minimum Gasteiger partial charge on any atom is -0.499 e. The van der Waals surface area contributed by atoms with Gasteiger partial charge in [0.2, 0.25) is 5.91 Å². The van der Waals surface area contributed by atoms with Gasteiger partial charge in [0.1, 0.15) is 23.9 Å². The number of amides is 4. The van der Waals surface area contributed by atoms with Crippen LogP contribution in [0.1, 0.15) is 81.1 Å². The van der Waals surface area contributed by atoms with E-state index in [-0.39, 0.29) is 29.6 Å². The Morgan fingerprint density at radius 1 is 1.02 bits per heavy atom. The largest absolute Gasteiger partial charge is 0.499 e. The SMILES string of the molecule is CC[C@H](C)[C@H](OC(=O)[C@H](CC(C)C)N(C)C)C(=O)N(C)[C@H](C(=O)N1CCC[C@@H]1C(=O)N1C(=O)C=C(OC)[C@H]1C(C)C)C(C)C. The summed E-state index contributed by atoms with van der Waals surface area (Å²) in [6.07, 6.45) is 2.46. The molecule has 2 rings (SSSR count). The highest BCUT2D eigenvalue weighted by Gasteiger charge is 2.48. The molecule has 2 aliphatic heterocycles. The second kappa shape index (κ2) is 15.9. The number of nitrogens with zero attached hydrogens (tertiary/aromatic N) is 4. The van der Waals surface area contributed by atoms with Crippen LogP contribution in [-0.2, 0) is 33.4 Å². The Morgan fingerprint density at radius 2 is 1.64 bits per heavy atom. The van der Waals surface area contributed by atoms with Crippen LogP contribution in [-0.4, -0.2) is 114 Å². The van der Waals surface area contributed by atoms with Gasteiger partial charge in [0.05, 0.1) is 13.2 Å². The Balaban J connectivity index is 2.35. The zero-order chi connectivity index (χ0) is 33.6. The smallest absolute Gasteiger partial charge is 0.324 e. The first-order valence-electron chi connectivity index (χ1n) is 16.1. The summed E-state index contributed by atoms with van der Waals surface area (Å²) >= 11 is 0. The van der Waals surface area contributed by atoms with Gasteiger partial charge in [-0.2, -0.15) is 0 Å². The lowest BCUT2D eigenvalue weighted by Gasteiger charge is -2.38. The minimum absolute atomic E-state index is 0.0813. The lowest BCUT2D eigenvalue weighted by molar-refractivity contribution is -0.170. The fourth-order valence-electron chi connectivity index (χ4n) is 6.24. The quantitative estimate of drug-likeness (QED) is 0.215. The average molecular weight is 621 g/mol. The van der Waals surface area contributed by atoms with E-state index in [0.717, 1.165) is 0 Å². The molecule has 0 aliphatic carbocycles. The van der Waals surface area contributed by atoms with Crippen LogP contribution >= 0.6 is 0 Å². The topological polar surface area (TPSA) is 117 Å². The summed E-state index contributed by atoms with van der Waals surface area (Å²) in [6.45, 7) is 15.7. The summed E-state index contributed by atoms with van der Waals surface area (Å²) < 4.78 is 11.3. The Hall–Kier alpha value is -2.95. The molecular formula is C33H56N4O7. The van der Waals surface area contributed by atoms with Crippen molar-refractivity contribution in [1.82, 2.24) is 19.6 Å². The summed E-state index contributed by atoms with van der Waals surface area (Å²) in [5.74, 6) is -2.16. The third-order valence-corrected chi connectivity index (χ3v) is 8.89. The summed E-state index contributed by atoms with van der Waals surface area (Å²) in [6, 6.07) is -2.78. The van der Waals surface area contributed by atoms with Crippen molar-refractivity contribution in [3.63, 3.8) is 0 Å². The van der Waals surface area contributed by atoms with E-state index in [9.17, 15) is 24.0 Å². The highest BCUT2D eigenvalue weighted by Crippen LogP contribution is 2.31. The molecule has 1 saturated heterocycles. The first-order valence-corrected chi connectivity index (χ1v) is 16.1. The Labute approximate surface area is 264 Å². The molecule has 1 fully saturated rings. The van der Waals surface area contributed by atoms with Crippen molar-refractivity contribution < 1.29 is 33.4 Å². The molecule has 44 heavy (non-hydrogen) atoms. The lowest BCUT2D eigenvalue weighted by atomic mass is 9.96. The maximum absolute atomic E-state index is 14.2. The standard InChI is InChI=1S/C33H56N4O7/c1-13-22(8)29(44-33(42)24(34(9)10)17-19(2)3)32(41)35(11)28(21(6)7)31(40)36-16-14-15-23(36)30(39)37-26(38)18-25(43-12)27(37)20(4)5/h18-24,27-29H,13-17H2,1-12H3/t22-,23+,24-,27+,28-,29-/m0/s1. The van der Waals surface area contributed by atoms with Gasteiger partial charge < -0.3 is 19.3 Å². The number of carbonyl (C=O) groups excluding carboxylic acids is 5. The van der Waals surface area contributed by atoms with E-state index in [1.54, 1.807) is 11.9 Å². The Morgan fingerprint density at radius 3 is 2.11 bits per heavy atom. The van der Waals surface area contributed by atoms with Crippen LogP contribution in [0.2, 0.25) is 0 Å². The number of hydrogen-bond donors (Lipinski definition) is 0. The van der Waals surface area contributed by atoms with Crippen LogP contribution in [0.25, 0.3) is 0 Å². The first kappa shape index (κ1) is 37.2. The maximum Gasteiger partial charge on any atom is 0.324 e. The van der Waals surface area contributed by atoms with Crippen molar-refractivity contribution in [2.75, 3.05) is 34.8 Å². The molecule has 0 aromatic carbocycles. The molecule has 0 spiro atoms. The van der Waals surface area contributed by atoms with E-state index >= 15 is 0 Å². The predicted molar refractivity (Wildman–Crippen MR) is 168 cm³/mol. The van der Waals surface area contributed by atoms with Crippen molar-refractivity contribution in [1.29, 1.82) is 0 Å². The van der Waals surface area contributed by atoms with Gasteiger partial charge in [0.25, 0.3) is 17.7 Å². The van der Waals surface area contributed by atoms with Gasteiger partial charge >= 0.3 is 5.97 Å². The monoisotopic (exact) mass is 620 g/mol. The molecule has 6 atom stereocenters. The number of ether oxygens (including phenoxy) is 2. The number of methoxy groups -OCH3 is 1. The fourth-order valence-corrected chi connectivity index (χ4v) is 6.24. The van der Waals surface area contributed by atoms with E-state index in [1.165, 1.54) is 27.9 Å². The molecule has 11 heteroatoms. The molecule has 250 valence electrons. The zero-order valence-corrected chi connectivity index (χ0v) is 29.0. The van der Waals surface area contributed by atoms with Gasteiger partial charge in [-0.1, -0.05) is 55.4 Å². The van der Waals surface area contributed by atoms with Crippen molar-refractivity contribution in [3.05, 3.63) is 11.8 Å². The lowest BCUT2D eigenvalue weighted by Crippen LogP contribution is -2.59. The molecule has 0 aromatic heterocycles. The third-order valence-electron chi connectivity index (χ3n) is 8.89. The maximum atomic E-state index is 14.2. The summed E-state index contributed by atoms with van der Waals surface area (Å²) in [5, 5.41) is 0. The molecular weight excluding hydrogens is 564 g/mol. The van der Waals surface area contributed by atoms with Crippen LogP contribution in [0.5, 0.6) is 0 Å². The van der Waals surface area contributed by atoms with E-state index in [4.69, 9.17) is 9.47 Å². The van der Waals surface area contributed by atoms with Gasteiger partial charge in [-0.25, -0.2) is 0 Å². The molecule has 11 nitrogen and oxygen atoms in total. The molecule has 0 radical (unpaired) electrons. The summed E-state index contributed by atoms with van der Waals surface area (Å²) in [4.78, 5) is 74.3. The number of esters is 1. The molecule has 2 aliphatic rings. The normalized spacial score (nSPS) is 21.5. The molecule has 0 unspecified atom stereocenters. The third kappa shape index (κ3) is 8.20. The second-order valence-electron chi connectivity index (χ2n) is 13.7. The molecule has 0 N–H and O–H groups in total. The van der Waals surface area contributed by atoms with Crippen LogP contribution in [0.15, 0.2) is 11.8 Å². The second-order valence-corrected chi connectivity index (χ2v) is 13.7. The molecule has 4 amide bonds. The van der Waals surface area contributed by atoms with Gasteiger partial charge in [-0.05, 0) is 57.5 Å². The van der Waals surface area contributed by atoms with Crippen LogP contribution in [0.3, 0.4) is 0 Å². The van der Waals surface area contributed by atoms with Crippen molar-refractivity contribution in [3.8, 4) is 0 Å². The number of carbonyl (C=O) groups is 5. The number of likely N-dealkylation sites (N-methyl/N-ethyl adjacent to an activating group) is 2. The van der Waals surface area contributed by atoms with Gasteiger partial charge in [-0.15, -0.1) is 0 Å². The summed E-state index contributed by atoms with van der Waals surface area (Å²) in [5.41, 5.74) is 0. The van der Waals surface area contributed by atoms with Crippen molar-refractivity contribution in [2.45, 2.75) is 111 Å². The van der Waals surface area contributed by atoms with Crippen LogP contribution < -0.4 is 0 Å². The van der Waals surface area contributed by atoms with Crippen molar-refractivity contribution in [2.24, 2.45) is 23.7 Å². The highest BCUT2D eigenvalue weighted by molar-refractivity contribution is 6.07. The van der Waals surface area contributed by atoms with Crippen LogP contribution in [0.4, 0.5) is 0 Å². The molecule has 2 heterocycles. The highest BCUT2D eigenvalue weighted by atomic mass is 16.6. The van der Waals surface area contributed by atoms with E-state index in [0.29, 0.717) is 38.0 Å². The zero-order valence-electron chi connectivity index (χ0n) is 29.0. The average Bonchev–Trinajstić information content (AvgIpc) is 3.57. The molecule has 0 bridgehead atoms.